The third-order valence-electron chi connectivity index (χ3n) is 1.51. The Morgan fingerprint density at radius 1 is 1.14 bits per heavy atom. The highest BCUT2D eigenvalue weighted by atomic mass is 31.2. The molecule has 0 aliphatic rings. The monoisotopic (exact) mass is 245 g/mol. The van der Waals surface area contributed by atoms with Crippen molar-refractivity contribution >= 4 is 15.2 Å². The van der Waals surface area contributed by atoms with Crippen LogP contribution in [0.4, 0.5) is 0 Å². The molecule has 0 atom stereocenters. The molecule has 10 heteroatoms. The third-order valence-corrected chi connectivity index (χ3v) is 5.38. The number of aliphatic hydroxyl groups is 1. The normalized spacial score (nSPS) is 13.7. The number of hydrogen-bond acceptors (Lipinski definition) is 4. The summed E-state index contributed by atoms with van der Waals surface area (Å²) in [5.41, 5.74) is 0. The second kappa shape index (κ2) is 4.09. The molecule has 5 N–H and O–H groups in total. The highest BCUT2D eigenvalue weighted by Gasteiger charge is 2.58. The molecule has 82 valence electrons. The van der Waals surface area contributed by atoms with Crippen LogP contribution in [0.15, 0.2) is 0 Å². The van der Waals surface area contributed by atoms with Gasteiger partial charge in [-0.2, -0.15) is 5.26 Å². The second-order valence-corrected chi connectivity index (χ2v) is 6.53. The zero-order valence-corrected chi connectivity index (χ0v) is 8.60. The Labute approximate surface area is 79.1 Å². The summed E-state index contributed by atoms with van der Waals surface area (Å²) in [5.74, 6) is 0. The van der Waals surface area contributed by atoms with Crippen LogP contribution in [0, 0.1) is 11.3 Å². The van der Waals surface area contributed by atoms with Crippen LogP contribution in [0.2, 0.25) is 0 Å². The van der Waals surface area contributed by atoms with Gasteiger partial charge < -0.3 is 24.7 Å². The Balaban J connectivity index is 5.21. The fourth-order valence-electron chi connectivity index (χ4n) is 0.685. The lowest BCUT2D eigenvalue weighted by atomic mass is 10.3. The molecule has 0 radical (unpaired) electrons. The van der Waals surface area contributed by atoms with Crippen LogP contribution in [0.1, 0.15) is 12.8 Å². The van der Waals surface area contributed by atoms with Crippen molar-refractivity contribution in [1.29, 1.82) is 5.26 Å². The molecule has 0 aromatic heterocycles. The predicted molar refractivity (Wildman–Crippen MR) is 43.9 cm³/mol. The lowest BCUT2D eigenvalue weighted by Gasteiger charge is -2.28. The van der Waals surface area contributed by atoms with Gasteiger partial charge in [-0.25, -0.2) is 0 Å². The zero-order valence-electron chi connectivity index (χ0n) is 6.81. The molecule has 0 aromatic rings. The number of rotatable bonds is 4. The Kier molecular flexibility index (Phi) is 4.02. The van der Waals surface area contributed by atoms with Crippen LogP contribution >= 0.6 is 15.2 Å². The molecule has 0 fully saturated rings. The van der Waals surface area contributed by atoms with E-state index in [2.05, 4.69) is 0 Å². The van der Waals surface area contributed by atoms with Crippen molar-refractivity contribution in [2.24, 2.45) is 0 Å². The Morgan fingerprint density at radius 2 is 1.50 bits per heavy atom. The topological polar surface area (TPSA) is 159 Å². The largest absolute Gasteiger partial charge is 0.369 e. The van der Waals surface area contributed by atoms with Crippen molar-refractivity contribution in [1.82, 2.24) is 0 Å². The Morgan fingerprint density at radius 3 is 1.71 bits per heavy atom. The smallest absolute Gasteiger partial charge is 0.367 e. The van der Waals surface area contributed by atoms with Crippen molar-refractivity contribution in [3.63, 3.8) is 0 Å². The van der Waals surface area contributed by atoms with E-state index in [0.29, 0.717) is 0 Å². The first-order chi connectivity index (χ1) is 6.06. The van der Waals surface area contributed by atoms with Crippen LogP contribution in [-0.4, -0.2) is 29.8 Å². The summed E-state index contributed by atoms with van der Waals surface area (Å²) in [5, 5.41) is 13.8. The molecule has 0 aliphatic heterocycles. The van der Waals surface area contributed by atoms with E-state index < -0.39 is 33.1 Å². The van der Waals surface area contributed by atoms with Crippen LogP contribution in [0.5, 0.6) is 0 Å². The average molecular weight is 245 g/mol. The van der Waals surface area contributed by atoms with E-state index in [-0.39, 0.29) is 0 Å². The van der Waals surface area contributed by atoms with Gasteiger partial charge in [0.15, 0.2) is 0 Å². The van der Waals surface area contributed by atoms with Gasteiger partial charge in [-0.15, -0.1) is 0 Å². The van der Waals surface area contributed by atoms with Gasteiger partial charge in [-0.3, -0.25) is 9.13 Å². The Bertz CT molecular complexity index is 312. The van der Waals surface area contributed by atoms with Crippen molar-refractivity contribution in [2.75, 3.05) is 0 Å². The minimum absolute atomic E-state index is 0.577. The molecule has 0 spiro atoms. The fourth-order valence-corrected chi connectivity index (χ4v) is 2.85. The SMILES string of the molecule is N#CCCC(O)(P(=O)(O)O)P(=O)(O)O. The van der Waals surface area contributed by atoms with E-state index >= 15 is 0 Å². The van der Waals surface area contributed by atoms with E-state index in [1.807, 2.05) is 0 Å². The molecular formula is C4H9NO7P2. The molecular weight excluding hydrogens is 236 g/mol. The summed E-state index contributed by atoms with van der Waals surface area (Å²) < 4.78 is 21.3. The molecule has 0 rings (SSSR count). The number of nitriles is 1. The number of hydrogen-bond donors (Lipinski definition) is 5. The first kappa shape index (κ1) is 13.8. The van der Waals surface area contributed by atoms with Crippen LogP contribution < -0.4 is 0 Å². The lowest BCUT2D eigenvalue weighted by molar-refractivity contribution is 0.124. The lowest BCUT2D eigenvalue weighted by Crippen LogP contribution is -2.28. The molecule has 0 amide bonds. The van der Waals surface area contributed by atoms with Gasteiger partial charge in [0.25, 0.3) is 5.08 Å². The molecule has 0 saturated carbocycles. The van der Waals surface area contributed by atoms with E-state index in [0.717, 1.165) is 0 Å². The van der Waals surface area contributed by atoms with E-state index in [9.17, 15) is 9.13 Å². The van der Waals surface area contributed by atoms with Crippen molar-refractivity contribution in [3.8, 4) is 6.07 Å². The molecule has 14 heavy (non-hydrogen) atoms. The van der Waals surface area contributed by atoms with E-state index in [1.54, 1.807) is 0 Å². The first-order valence-electron chi connectivity index (χ1n) is 3.27. The maximum atomic E-state index is 10.6. The maximum Gasteiger partial charge on any atom is 0.369 e. The fraction of sp³-hybridized carbons (Fsp3) is 0.750. The summed E-state index contributed by atoms with van der Waals surface area (Å²) in [6, 6.07) is 1.42. The molecule has 0 aromatic carbocycles. The van der Waals surface area contributed by atoms with Gasteiger partial charge in [0, 0.05) is 12.8 Å². The summed E-state index contributed by atoms with van der Waals surface area (Å²) >= 11 is 0. The van der Waals surface area contributed by atoms with Gasteiger partial charge in [-0.1, -0.05) is 0 Å². The van der Waals surface area contributed by atoms with Gasteiger partial charge in [0.1, 0.15) is 0 Å². The minimum Gasteiger partial charge on any atom is -0.367 e. The first-order valence-corrected chi connectivity index (χ1v) is 6.49. The van der Waals surface area contributed by atoms with Gasteiger partial charge in [0.05, 0.1) is 6.07 Å². The molecule has 0 heterocycles. The Hall–Kier alpha value is -0.250. The molecule has 0 bridgehead atoms. The summed E-state index contributed by atoms with van der Waals surface area (Å²) in [4.78, 5) is 34.2. The highest BCUT2D eigenvalue weighted by Crippen LogP contribution is 2.69. The van der Waals surface area contributed by atoms with Crippen molar-refractivity contribution < 1.29 is 33.8 Å². The summed E-state index contributed by atoms with van der Waals surface area (Å²) in [6.45, 7) is 0. The minimum atomic E-state index is -5.40. The molecule has 0 saturated heterocycles. The van der Waals surface area contributed by atoms with Crippen molar-refractivity contribution in [3.05, 3.63) is 0 Å². The highest BCUT2D eigenvalue weighted by molar-refractivity contribution is 7.72. The average Bonchev–Trinajstić information content (AvgIpc) is 1.95. The van der Waals surface area contributed by atoms with Gasteiger partial charge in [0.2, 0.25) is 0 Å². The van der Waals surface area contributed by atoms with Gasteiger partial charge in [-0.05, 0) is 0 Å². The van der Waals surface area contributed by atoms with Crippen LogP contribution in [0.25, 0.3) is 0 Å². The maximum absolute atomic E-state index is 10.6. The standard InChI is InChI=1S/C4H9NO7P2/c5-3-1-2-4(6,13(7,8)9)14(10,11)12/h6H,1-2H2,(H2,7,8,9)(H2,10,11,12). The third kappa shape index (κ3) is 2.62. The molecule has 8 nitrogen and oxygen atoms in total. The molecule has 0 unspecified atom stereocenters. The van der Waals surface area contributed by atoms with Crippen LogP contribution in [0.3, 0.4) is 0 Å². The predicted octanol–water partition coefficient (Wildman–Crippen LogP) is -0.708. The van der Waals surface area contributed by atoms with Crippen molar-refractivity contribution in [2.45, 2.75) is 17.9 Å². The summed E-state index contributed by atoms with van der Waals surface area (Å²) in [7, 11) is -10.8. The number of nitrogens with zero attached hydrogens (tertiary/aromatic N) is 1. The van der Waals surface area contributed by atoms with Gasteiger partial charge >= 0.3 is 15.2 Å². The second-order valence-electron chi connectivity index (χ2n) is 2.52. The molecule has 0 aliphatic carbocycles. The van der Waals surface area contributed by atoms with E-state index in [4.69, 9.17) is 29.9 Å². The zero-order chi connectivity index (χ0) is 11.6. The quantitative estimate of drug-likeness (QED) is 0.406. The summed E-state index contributed by atoms with van der Waals surface area (Å²) in [6.07, 6.45) is -1.56. The van der Waals surface area contributed by atoms with E-state index in [1.165, 1.54) is 6.07 Å². The van der Waals surface area contributed by atoms with Crippen LogP contribution in [-0.2, 0) is 9.13 Å².